The Hall–Kier alpha value is -1.26. The van der Waals surface area contributed by atoms with Gasteiger partial charge in [0.15, 0.2) is 0 Å². The van der Waals surface area contributed by atoms with Crippen LogP contribution in [0.4, 0.5) is 4.79 Å². The molecule has 0 rings (SSSR count). The number of amides is 2. The molecule has 0 heterocycles. The Bertz CT molecular complexity index is 298. The summed E-state index contributed by atoms with van der Waals surface area (Å²) in [5.74, 6) is -0.0281. The molecule has 0 aliphatic rings. The molecule has 0 aromatic carbocycles. The van der Waals surface area contributed by atoms with E-state index >= 15 is 0 Å². The zero-order chi connectivity index (χ0) is 16.1. The molecule has 0 bridgehead atoms. The largest absolute Gasteiger partial charge is 0.444 e. The van der Waals surface area contributed by atoms with E-state index in [1.54, 1.807) is 20.8 Å². The van der Waals surface area contributed by atoms with E-state index in [2.05, 4.69) is 17.6 Å². The summed E-state index contributed by atoms with van der Waals surface area (Å²) in [6.07, 6.45) is 7.06. The van der Waals surface area contributed by atoms with Crippen molar-refractivity contribution in [3.8, 4) is 0 Å². The number of carbonyl (C=O) groups is 2. The summed E-state index contributed by atoms with van der Waals surface area (Å²) < 4.78 is 5.08. The molecule has 124 valence electrons. The molecule has 2 amide bonds. The Balaban J connectivity index is 3.44. The van der Waals surface area contributed by atoms with Gasteiger partial charge in [-0.15, -0.1) is 0 Å². The SMILES string of the molecule is CCCCCCCCNC(=O)CCNC(=O)OC(C)(C)C. The van der Waals surface area contributed by atoms with E-state index in [4.69, 9.17) is 4.74 Å². The van der Waals surface area contributed by atoms with Crippen molar-refractivity contribution in [3.05, 3.63) is 0 Å². The molecule has 0 atom stereocenters. The van der Waals surface area contributed by atoms with Gasteiger partial charge in [0.1, 0.15) is 5.60 Å². The minimum absolute atomic E-state index is 0.0281. The van der Waals surface area contributed by atoms with Gasteiger partial charge in [-0.2, -0.15) is 0 Å². The summed E-state index contributed by atoms with van der Waals surface area (Å²) in [5, 5.41) is 5.44. The van der Waals surface area contributed by atoms with E-state index in [0.29, 0.717) is 6.54 Å². The van der Waals surface area contributed by atoms with Crippen LogP contribution in [0.3, 0.4) is 0 Å². The maximum atomic E-state index is 11.5. The fourth-order valence-corrected chi connectivity index (χ4v) is 1.81. The Morgan fingerprint density at radius 2 is 1.52 bits per heavy atom. The molecule has 0 saturated carbocycles. The van der Waals surface area contributed by atoms with Crippen molar-refractivity contribution in [1.82, 2.24) is 10.6 Å². The fraction of sp³-hybridized carbons (Fsp3) is 0.875. The molecule has 0 saturated heterocycles. The number of hydrogen-bond donors (Lipinski definition) is 2. The summed E-state index contributed by atoms with van der Waals surface area (Å²) in [4.78, 5) is 22.9. The topological polar surface area (TPSA) is 67.4 Å². The molecule has 0 radical (unpaired) electrons. The molecule has 0 spiro atoms. The molecule has 0 aromatic heterocycles. The summed E-state index contributed by atoms with van der Waals surface area (Å²) in [6.45, 7) is 8.64. The van der Waals surface area contributed by atoms with Crippen molar-refractivity contribution in [3.63, 3.8) is 0 Å². The average molecular weight is 300 g/mol. The van der Waals surface area contributed by atoms with Crippen molar-refractivity contribution in [2.24, 2.45) is 0 Å². The lowest BCUT2D eigenvalue weighted by Gasteiger charge is -2.19. The minimum atomic E-state index is -0.510. The first-order valence-corrected chi connectivity index (χ1v) is 8.08. The molecule has 2 N–H and O–H groups in total. The van der Waals surface area contributed by atoms with Crippen molar-refractivity contribution >= 4 is 12.0 Å². The van der Waals surface area contributed by atoms with Gasteiger partial charge in [-0.05, 0) is 27.2 Å². The van der Waals surface area contributed by atoms with Crippen LogP contribution < -0.4 is 10.6 Å². The summed E-state index contributed by atoms with van der Waals surface area (Å²) >= 11 is 0. The minimum Gasteiger partial charge on any atom is -0.444 e. The second-order valence-electron chi connectivity index (χ2n) is 6.30. The molecule has 0 aromatic rings. The molecule has 5 heteroatoms. The lowest BCUT2D eigenvalue weighted by molar-refractivity contribution is -0.120. The summed E-state index contributed by atoms with van der Waals surface area (Å²) in [5.41, 5.74) is -0.510. The molecular formula is C16H32N2O3. The predicted octanol–water partition coefficient (Wildman–Crippen LogP) is 3.38. The number of hydrogen-bond acceptors (Lipinski definition) is 3. The number of carbonyl (C=O) groups excluding carboxylic acids is 2. The van der Waals surface area contributed by atoms with Gasteiger partial charge in [-0.3, -0.25) is 4.79 Å². The van der Waals surface area contributed by atoms with Gasteiger partial charge in [-0.25, -0.2) is 4.79 Å². The Morgan fingerprint density at radius 3 is 2.14 bits per heavy atom. The van der Waals surface area contributed by atoms with Crippen LogP contribution in [0.25, 0.3) is 0 Å². The Labute approximate surface area is 129 Å². The lowest BCUT2D eigenvalue weighted by atomic mass is 10.1. The first-order chi connectivity index (χ1) is 9.85. The molecule has 0 fully saturated rings. The van der Waals surface area contributed by atoms with Crippen LogP contribution in [0.15, 0.2) is 0 Å². The first-order valence-electron chi connectivity index (χ1n) is 8.08. The number of ether oxygens (including phenoxy) is 1. The van der Waals surface area contributed by atoms with Gasteiger partial charge in [-0.1, -0.05) is 39.0 Å². The third-order valence-corrected chi connectivity index (χ3v) is 2.87. The van der Waals surface area contributed by atoms with Crippen molar-refractivity contribution in [2.75, 3.05) is 13.1 Å². The second-order valence-corrected chi connectivity index (χ2v) is 6.30. The predicted molar refractivity (Wildman–Crippen MR) is 85.2 cm³/mol. The smallest absolute Gasteiger partial charge is 0.407 e. The van der Waals surface area contributed by atoms with E-state index < -0.39 is 11.7 Å². The third-order valence-electron chi connectivity index (χ3n) is 2.87. The lowest BCUT2D eigenvalue weighted by Crippen LogP contribution is -2.35. The quantitative estimate of drug-likeness (QED) is 0.608. The van der Waals surface area contributed by atoms with Crippen molar-refractivity contribution in [2.45, 2.75) is 78.2 Å². The Kier molecular flexibility index (Phi) is 10.7. The normalized spacial score (nSPS) is 11.0. The van der Waals surface area contributed by atoms with Gasteiger partial charge >= 0.3 is 6.09 Å². The summed E-state index contributed by atoms with van der Waals surface area (Å²) in [7, 11) is 0. The van der Waals surface area contributed by atoms with Crippen LogP contribution in [-0.2, 0) is 9.53 Å². The molecule has 5 nitrogen and oxygen atoms in total. The molecule has 21 heavy (non-hydrogen) atoms. The third kappa shape index (κ3) is 15.0. The van der Waals surface area contributed by atoms with Gasteiger partial charge < -0.3 is 15.4 Å². The van der Waals surface area contributed by atoms with E-state index in [0.717, 1.165) is 19.4 Å². The number of unbranched alkanes of at least 4 members (excludes halogenated alkanes) is 5. The molecule has 0 aliphatic carbocycles. The average Bonchev–Trinajstić information content (AvgIpc) is 2.35. The van der Waals surface area contributed by atoms with Crippen molar-refractivity contribution < 1.29 is 14.3 Å². The highest BCUT2D eigenvalue weighted by Crippen LogP contribution is 2.06. The van der Waals surface area contributed by atoms with E-state index in [1.807, 2.05) is 0 Å². The monoisotopic (exact) mass is 300 g/mol. The number of alkyl carbamates (subject to hydrolysis) is 1. The standard InChI is InChI=1S/C16H32N2O3/c1-5-6-7-8-9-10-12-17-14(19)11-13-18-15(20)21-16(2,3)4/h5-13H2,1-4H3,(H,17,19)(H,18,20). The number of rotatable bonds is 10. The zero-order valence-corrected chi connectivity index (χ0v) is 14.1. The maximum absolute atomic E-state index is 11.5. The first kappa shape index (κ1) is 19.7. The van der Waals surface area contributed by atoms with Crippen LogP contribution in [0.5, 0.6) is 0 Å². The fourth-order valence-electron chi connectivity index (χ4n) is 1.81. The van der Waals surface area contributed by atoms with Crippen LogP contribution in [0.2, 0.25) is 0 Å². The molecular weight excluding hydrogens is 268 g/mol. The van der Waals surface area contributed by atoms with Crippen molar-refractivity contribution in [1.29, 1.82) is 0 Å². The highest BCUT2D eigenvalue weighted by Gasteiger charge is 2.15. The molecule has 0 aliphatic heterocycles. The highest BCUT2D eigenvalue weighted by atomic mass is 16.6. The van der Waals surface area contributed by atoms with Crippen LogP contribution in [0, 0.1) is 0 Å². The van der Waals surface area contributed by atoms with Gasteiger partial charge in [0, 0.05) is 19.5 Å². The number of nitrogens with one attached hydrogen (secondary N) is 2. The van der Waals surface area contributed by atoms with E-state index in [1.165, 1.54) is 25.7 Å². The zero-order valence-electron chi connectivity index (χ0n) is 14.1. The van der Waals surface area contributed by atoms with Crippen LogP contribution in [-0.4, -0.2) is 30.7 Å². The highest BCUT2D eigenvalue weighted by molar-refractivity contribution is 5.76. The van der Waals surface area contributed by atoms with E-state index in [9.17, 15) is 9.59 Å². The Morgan fingerprint density at radius 1 is 0.905 bits per heavy atom. The van der Waals surface area contributed by atoms with Gasteiger partial charge in [0.25, 0.3) is 0 Å². The molecule has 0 unspecified atom stereocenters. The van der Waals surface area contributed by atoms with Crippen LogP contribution in [0.1, 0.15) is 72.6 Å². The van der Waals surface area contributed by atoms with E-state index in [-0.39, 0.29) is 12.3 Å². The van der Waals surface area contributed by atoms with Gasteiger partial charge in [0.2, 0.25) is 5.91 Å². The summed E-state index contributed by atoms with van der Waals surface area (Å²) in [6, 6.07) is 0. The maximum Gasteiger partial charge on any atom is 0.407 e. The second kappa shape index (κ2) is 11.4. The van der Waals surface area contributed by atoms with Gasteiger partial charge in [0.05, 0.1) is 0 Å². The van der Waals surface area contributed by atoms with Crippen LogP contribution >= 0.6 is 0 Å².